The number of ether oxygens (including phenoxy) is 1. The fourth-order valence-electron chi connectivity index (χ4n) is 4.55. The van der Waals surface area contributed by atoms with Crippen molar-refractivity contribution in [3.8, 4) is 11.4 Å². The number of pyridine rings is 1. The van der Waals surface area contributed by atoms with Gasteiger partial charge in [0.15, 0.2) is 5.82 Å². The van der Waals surface area contributed by atoms with E-state index in [0.717, 1.165) is 18.6 Å². The largest absolute Gasteiger partial charge is 0.378 e. The lowest BCUT2D eigenvalue weighted by molar-refractivity contribution is -0.131. The van der Waals surface area contributed by atoms with Gasteiger partial charge in [0.25, 0.3) is 22.7 Å². The molecule has 1 unspecified atom stereocenters. The van der Waals surface area contributed by atoms with Gasteiger partial charge in [-0.15, -0.1) is 0 Å². The number of rotatable bonds is 12. The van der Waals surface area contributed by atoms with E-state index in [2.05, 4.69) is 25.1 Å². The first-order valence-corrected chi connectivity index (χ1v) is 13.5. The normalized spacial score (nSPS) is 13.1. The fraction of sp³-hybridized carbons (Fsp3) is 0.370. The number of nitrogens with zero attached hydrogens (tertiary/aromatic N) is 4. The maximum Gasteiger partial charge on any atom is 0.345 e. The second-order valence-corrected chi connectivity index (χ2v) is 10.7. The van der Waals surface area contributed by atoms with Crippen LogP contribution in [0.25, 0.3) is 22.2 Å². The predicted octanol–water partition coefficient (Wildman–Crippen LogP) is 5.39. The van der Waals surface area contributed by atoms with Crippen LogP contribution in [-0.4, -0.2) is 44.0 Å². The lowest BCUT2D eigenvalue weighted by atomic mass is 10.0. The Balaban J connectivity index is 1.52. The third-order valence-electron chi connectivity index (χ3n) is 6.63. The smallest absolute Gasteiger partial charge is 0.345 e. The molecule has 0 fully saturated rings. The molecule has 9 nitrogen and oxygen atoms in total. The van der Waals surface area contributed by atoms with E-state index in [1.807, 2.05) is 5.10 Å². The van der Waals surface area contributed by atoms with Gasteiger partial charge in [0.1, 0.15) is 5.56 Å². The monoisotopic (exact) mass is 628 g/mol. The Morgan fingerprint density at radius 3 is 2.44 bits per heavy atom. The molecule has 0 aliphatic carbocycles. The number of aromatic nitrogens is 5. The first kappa shape index (κ1) is 32.1. The molecular weight excluding hydrogens is 601 g/mol. The average molecular weight is 629 g/mol. The Morgan fingerprint density at radius 2 is 1.81 bits per heavy atom. The van der Waals surface area contributed by atoms with Crippen molar-refractivity contribution in [2.45, 2.75) is 57.5 Å². The Bertz CT molecular complexity index is 1700. The zero-order valence-corrected chi connectivity index (χ0v) is 24.0. The highest BCUT2D eigenvalue weighted by atomic mass is 31.0. The molecule has 2 N–H and O–H groups in total. The van der Waals surface area contributed by atoms with Crippen LogP contribution in [0.5, 0.6) is 0 Å². The van der Waals surface area contributed by atoms with E-state index in [0.29, 0.717) is 28.8 Å². The highest BCUT2D eigenvalue weighted by Gasteiger charge is 2.32. The van der Waals surface area contributed by atoms with Gasteiger partial charge in [0, 0.05) is 49.1 Å². The van der Waals surface area contributed by atoms with Crippen molar-refractivity contribution in [1.82, 2.24) is 24.7 Å². The number of aromatic amines is 1. The molecule has 0 radical (unpaired) electrons. The van der Waals surface area contributed by atoms with Crippen LogP contribution in [0.4, 0.5) is 32.0 Å². The molecule has 230 valence electrons. The minimum absolute atomic E-state index is 0.110. The Labute approximate surface area is 242 Å². The summed E-state index contributed by atoms with van der Waals surface area (Å²) in [5, 5.41) is 9.04. The molecule has 0 aliphatic heterocycles. The molecule has 1 aromatic carbocycles. The maximum atomic E-state index is 14.1. The molecule has 0 saturated carbocycles. The number of hydrogen-bond donors (Lipinski definition) is 2. The minimum atomic E-state index is -3.54. The van der Waals surface area contributed by atoms with Crippen LogP contribution in [0, 0.1) is 6.92 Å². The Morgan fingerprint density at radius 1 is 1.12 bits per heavy atom. The van der Waals surface area contributed by atoms with Crippen molar-refractivity contribution in [3.05, 3.63) is 80.4 Å². The molecule has 4 aromatic rings. The van der Waals surface area contributed by atoms with Crippen LogP contribution in [0.1, 0.15) is 36.5 Å². The first-order chi connectivity index (χ1) is 20.1. The third kappa shape index (κ3) is 7.77. The Kier molecular flexibility index (Phi) is 9.55. The molecule has 2 atom stereocenters. The van der Waals surface area contributed by atoms with Crippen molar-refractivity contribution in [2.75, 3.05) is 11.9 Å². The van der Waals surface area contributed by atoms with Gasteiger partial charge in [-0.1, -0.05) is 9.24 Å². The van der Waals surface area contributed by atoms with E-state index in [-0.39, 0.29) is 42.0 Å². The number of alkyl halides is 6. The number of nitrogens with one attached hydrogen (secondary N) is 2. The number of anilines is 1. The van der Waals surface area contributed by atoms with Crippen LogP contribution in [0.15, 0.2) is 52.6 Å². The minimum Gasteiger partial charge on any atom is -0.378 e. The predicted molar refractivity (Wildman–Crippen MR) is 151 cm³/mol. The molecule has 3 aromatic heterocycles. The standard InChI is InChI=1S/C27H27F6N6O3P/c1-14-8-19-15(9-18(14)22-34-10-16(11-35-22)27(32,33)43)5-7-39(24(19)41)6-3-4-17(13-42-25(28)29)37-20-12-36-38-23(40)21(20)26(2,30)31/h5,7-12,17,25H,3-4,6,13,43H2,1-2H3,(H2,37,38,40)/t17-/m1/s1. The van der Waals surface area contributed by atoms with E-state index in [1.165, 1.54) is 20.0 Å². The van der Waals surface area contributed by atoms with Crippen LogP contribution in [0.2, 0.25) is 0 Å². The molecular formula is C27H27F6N6O3P. The Hall–Kier alpha value is -3.84. The van der Waals surface area contributed by atoms with Gasteiger partial charge in [-0.05, 0) is 48.9 Å². The van der Waals surface area contributed by atoms with Crippen LogP contribution in [-0.2, 0) is 22.9 Å². The quantitative estimate of drug-likeness (QED) is 0.160. The van der Waals surface area contributed by atoms with E-state index >= 15 is 0 Å². The summed E-state index contributed by atoms with van der Waals surface area (Å²) in [7, 11) is 1.42. The molecule has 16 heteroatoms. The van der Waals surface area contributed by atoms with Crippen molar-refractivity contribution in [1.29, 1.82) is 0 Å². The second kappa shape index (κ2) is 12.8. The maximum absolute atomic E-state index is 14.1. The molecule has 0 amide bonds. The number of hydrogen-bond acceptors (Lipinski definition) is 7. The van der Waals surface area contributed by atoms with E-state index < -0.39 is 42.0 Å². The SMILES string of the molecule is Cc1cc2c(=O)n(CCC[C@H](COC(F)F)Nc3cn[nH]c(=O)c3C(C)(F)F)ccc2cc1-c1ncc(C(F)(F)P)cn1. The number of halogens is 6. The zero-order valence-electron chi connectivity index (χ0n) is 22.9. The van der Waals surface area contributed by atoms with Crippen LogP contribution >= 0.6 is 9.24 Å². The molecule has 0 saturated heterocycles. The number of H-pyrrole nitrogens is 1. The van der Waals surface area contributed by atoms with Gasteiger partial charge < -0.3 is 14.6 Å². The van der Waals surface area contributed by atoms with Gasteiger partial charge in [-0.2, -0.15) is 22.7 Å². The third-order valence-corrected chi connectivity index (χ3v) is 6.96. The topological polar surface area (TPSA) is 115 Å². The highest BCUT2D eigenvalue weighted by molar-refractivity contribution is 7.17. The molecule has 0 spiro atoms. The first-order valence-electron chi connectivity index (χ1n) is 12.9. The summed E-state index contributed by atoms with van der Waals surface area (Å²) in [5.41, 5.74) is -5.03. The van der Waals surface area contributed by atoms with Crippen LogP contribution < -0.4 is 16.4 Å². The highest BCUT2D eigenvalue weighted by Crippen LogP contribution is 2.34. The molecule has 4 rings (SSSR count). The summed E-state index contributed by atoms with van der Waals surface area (Å²) in [6, 6.07) is 4.08. The lowest BCUT2D eigenvalue weighted by Crippen LogP contribution is -2.32. The van der Waals surface area contributed by atoms with Crippen molar-refractivity contribution >= 4 is 25.7 Å². The molecule has 3 heterocycles. The zero-order chi connectivity index (χ0) is 31.5. The lowest BCUT2D eigenvalue weighted by Gasteiger charge is -2.22. The second-order valence-electron chi connectivity index (χ2n) is 9.94. The van der Waals surface area contributed by atoms with Gasteiger partial charge >= 0.3 is 6.61 Å². The van der Waals surface area contributed by atoms with E-state index in [1.54, 1.807) is 25.1 Å². The van der Waals surface area contributed by atoms with Gasteiger partial charge in [-0.25, -0.2) is 23.8 Å². The van der Waals surface area contributed by atoms with Gasteiger partial charge in [-0.3, -0.25) is 9.59 Å². The summed E-state index contributed by atoms with van der Waals surface area (Å²) in [5.74, 6) is -3.33. The summed E-state index contributed by atoms with van der Waals surface area (Å²) >= 11 is 0. The van der Waals surface area contributed by atoms with Crippen molar-refractivity contribution < 1.29 is 31.1 Å². The molecule has 0 aliphatic rings. The van der Waals surface area contributed by atoms with E-state index in [4.69, 9.17) is 0 Å². The number of aryl methyl sites for hydroxylation is 2. The van der Waals surface area contributed by atoms with Gasteiger partial charge in [0.2, 0.25) is 0 Å². The van der Waals surface area contributed by atoms with Gasteiger partial charge in [0.05, 0.1) is 24.1 Å². The number of benzene rings is 1. The molecule has 0 bridgehead atoms. The fourth-order valence-corrected chi connectivity index (χ4v) is 4.70. The molecule has 43 heavy (non-hydrogen) atoms. The van der Waals surface area contributed by atoms with E-state index in [9.17, 15) is 35.9 Å². The summed E-state index contributed by atoms with van der Waals surface area (Å²) in [4.78, 5) is 33.3. The van der Waals surface area contributed by atoms with Crippen LogP contribution in [0.3, 0.4) is 0 Å². The number of fused-ring (bicyclic) bond motifs is 1. The average Bonchev–Trinajstić information content (AvgIpc) is 2.91. The summed E-state index contributed by atoms with van der Waals surface area (Å²) in [6.45, 7) is -1.27. The van der Waals surface area contributed by atoms with Crippen molar-refractivity contribution in [2.24, 2.45) is 0 Å². The van der Waals surface area contributed by atoms with Crippen molar-refractivity contribution in [3.63, 3.8) is 0 Å². The summed E-state index contributed by atoms with van der Waals surface area (Å²) in [6.07, 6.45) is 4.93. The summed E-state index contributed by atoms with van der Waals surface area (Å²) < 4.78 is 86.5.